The minimum atomic E-state index is 0.470. The van der Waals surface area contributed by atoms with Crippen LogP contribution < -0.4 is 5.32 Å². The quantitative estimate of drug-likeness (QED) is 0.690. The van der Waals surface area contributed by atoms with Crippen LogP contribution in [0.4, 0.5) is 5.69 Å². The zero-order valence-corrected chi connectivity index (χ0v) is 13.7. The van der Waals surface area contributed by atoms with Gasteiger partial charge in [-0.25, -0.2) is 0 Å². The van der Waals surface area contributed by atoms with Gasteiger partial charge in [-0.05, 0) is 43.2 Å². The third kappa shape index (κ3) is 3.34. The second kappa shape index (κ2) is 6.02. The summed E-state index contributed by atoms with van der Waals surface area (Å²) in [6.45, 7) is 4.63. The lowest BCUT2D eigenvalue weighted by molar-refractivity contribution is 0.276. The van der Waals surface area contributed by atoms with E-state index in [0.29, 0.717) is 22.0 Å². The Hall–Kier alpha value is 0.0800. The summed E-state index contributed by atoms with van der Waals surface area (Å²) < 4.78 is 0.911. The molecule has 1 aromatic rings. The molecule has 0 bridgehead atoms. The Morgan fingerprint density at radius 1 is 1.17 bits per heavy atom. The van der Waals surface area contributed by atoms with Crippen LogP contribution in [0.1, 0.15) is 33.1 Å². The van der Waals surface area contributed by atoms with Crippen molar-refractivity contribution in [3.63, 3.8) is 0 Å². The normalized spacial score (nSPS) is 28.2. The molecule has 1 aliphatic carbocycles. The number of nitrogens with one attached hydrogen (secondary N) is 1. The molecule has 0 radical (unpaired) electrons. The van der Waals surface area contributed by atoms with Gasteiger partial charge in [0.2, 0.25) is 0 Å². The molecule has 3 unspecified atom stereocenters. The second-order valence-corrected chi connectivity index (χ2v) is 7.12. The summed E-state index contributed by atoms with van der Waals surface area (Å²) in [5.74, 6) is 1.48. The van der Waals surface area contributed by atoms with Crippen molar-refractivity contribution in [2.75, 3.05) is 5.32 Å². The average molecular weight is 351 g/mol. The topological polar surface area (TPSA) is 12.0 Å². The Morgan fingerprint density at radius 3 is 2.33 bits per heavy atom. The van der Waals surface area contributed by atoms with E-state index in [0.717, 1.165) is 16.1 Å². The van der Waals surface area contributed by atoms with Gasteiger partial charge in [-0.2, -0.15) is 0 Å². The molecule has 2 rings (SSSR count). The molecule has 4 heteroatoms. The van der Waals surface area contributed by atoms with Crippen molar-refractivity contribution >= 4 is 44.8 Å². The van der Waals surface area contributed by atoms with E-state index in [1.807, 2.05) is 12.1 Å². The summed E-state index contributed by atoms with van der Waals surface area (Å²) in [5, 5.41) is 4.89. The lowest BCUT2D eigenvalue weighted by Gasteiger charge is -2.34. The number of anilines is 1. The van der Waals surface area contributed by atoms with E-state index in [9.17, 15) is 0 Å². The highest BCUT2D eigenvalue weighted by molar-refractivity contribution is 9.10. The van der Waals surface area contributed by atoms with Crippen LogP contribution in [0.5, 0.6) is 0 Å². The lowest BCUT2D eigenvalue weighted by atomic mass is 9.80. The Morgan fingerprint density at radius 2 is 1.78 bits per heavy atom. The number of halogens is 3. The van der Waals surface area contributed by atoms with Gasteiger partial charge in [0, 0.05) is 10.5 Å². The minimum absolute atomic E-state index is 0.470. The molecule has 0 saturated heterocycles. The van der Waals surface area contributed by atoms with Gasteiger partial charge in [0.25, 0.3) is 0 Å². The van der Waals surface area contributed by atoms with Crippen molar-refractivity contribution in [2.45, 2.75) is 39.2 Å². The Labute approximate surface area is 127 Å². The molecule has 3 atom stereocenters. The molecule has 1 nitrogen and oxygen atoms in total. The van der Waals surface area contributed by atoms with Crippen molar-refractivity contribution in [3.8, 4) is 0 Å². The molecular formula is C14H18BrCl2N. The Balaban J connectivity index is 2.14. The maximum atomic E-state index is 6.25. The molecule has 0 amide bonds. The molecule has 0 aliphatic heterocycles. The average Bonchev–Trinajstić information content (AvgIpc) is 2.25. The van der Waals surface area contributed by atoms with E-state index in [1.54, 1.807) is 0 Å². The highest BCUT2D eigenvalue weighted by Crippen LogP contribution is 2.37. The summed E-state index contributed by atoms with van der Waals surface area (Å²) in [6, 6.07) is 4.23. The smallest absolute Gasteiger partial charge is 0.0721 e. The number of benzene rings is 1. The van der Waals surface area contributed by atoms with E-state index in [2.05, 4.69) is 35.1 Å². The van der Waals surface area contributed by atoms with Crippen molar-refractivity contribution in [3.05, 3.63) is 26.7 Å². The summed E-state index contributed by atoms with van der Waals surface area (Å²) >= 11 is 15.9. The second-order valence-electron chi connectivity index (χ2n) is 5.39. The summed E-state index contributed by atoms with van der Waals surface area (Å²) in [4.78, 5) is 0. The van der Waals surface area contributed by atoms with Crippen LogP contribution in [0.25, 0.3) is 0 Å². The summed E-state index contributed by atoms with van der Waals surface area (Å²) in [6.07, 6.45) is 3.72. The van der Waals surface area contributed by atoms with Gasteiger partial charge in [0.1, 0.15) is 0 Å². The molecule has 1 saturated carbocycles. The summed E-state index contributed by atoms with van der Waals surface area (Å²) in [7, 11) is 0. The Bertz CT molecular complexity index is 413. The van der Waals surface area contributed by atoms with Crippen LogP contribution in [0.2, 0.25) is 10.0 Å². The van der Waals surface area contributed by atoms with Crippen LogP contribution in [0, 0.1) is 11.8 Å². The van der Waals surface area contributed by atoms with Gasteiger partial charge in [0.05, 0.1) is 15.7 Å². The van der Waals surface area contributed by atoms with Crippen molar-refractivity contribution in [2.24, 2.45) is 11.8 Å². The van der Waals surface area contributed by atoms with Gasteiger partial charge in [0.15, 0.2) is 0 Å². The van der Waals surface area contributed by atoms with Crippen molar-refractivity contribution < 1.29 is 0 Å². The van der Waals surface area contributed by atoms with Crippen LogP contribution in [0.3, 0.4) is 0 Å². The van der Waals surface area contributed by atoms with Gasteiger partial charge in [-0.3, -0.25) is 0 Å². The highest BCUT2D eigenvalue weighted by atomic mass is 79.9. The number of hydrogen-bond donors (Lipinski definition) is 1. The first-order valence-electron chi connectivity index (χ1n) is 6.38. The molecule has 1 N–H and O–H groups in total. The fourth-order valence-electron chi connectivity index (χ4n) is 2.75. The van der Waals surface area contributed by atoms with Crippen molar-refractivity contribution in [1.82, 2.24) is 0 Å². The maximum Gasteiger partial charge on any atom is 0.0721 e. The molecule has 0 heterocycles. The fourth-order valence-corrected chi connectivity index (χ4v) is 4.06. The largest absolute Gasteiger partial charge is 0.380 e. The van der Waals surface area contributed by atoms with Crippen molar-refractivity contribution in [1.29, 1.82) is 0 Å². The van der Waals surface area contributed by atoms with Gasteiger partial charge in [-0.15, -0.1) is 0 Å². The van der Waals surface area contributed by atoms with Crippen LogP contribution in [-0.2, 0) is 0 Å². The molecule has 1 fully saturated rings. The maximum absolute atomic E-state index is 6.25. The number of rotatable bonds is 2. The predicted octanol–water partition coefficient (Wildman–Crippen LogP) is 5.99. The van der Waals surface area contributed by atoms with E-state index >= 15 is 0 Å². The van der Waals surface area contributed by atoms with Crippen LogP contribution in [0.15, 0.2) is 16.6 Å². The Kier molecular flexibility index (Phi) is 4.85. The monoisotopic (exact) mass is 349 g/mol. The molecule has 100 valence electrons. The van der Waals surface area contributed by atoms with E-state index in [-0.39, 0.29) is 0 Å². The van der Waals surface area contributed by atoms with E-state index in [1.165, 1.54) is 19.3 Å². The molecule has 18 heavy (non-hydrogen) atoms. The van der Waals surface area contributed by atoms with Gasteiger partial charge >= 0.3 is 0 Å². The van der Waals surface area contributed by atoms with E-state index < -0.39 is 0 Å². The molecule has 0 spiro atoms. The number of hydrogen-bond acceptors (Lipinski definition) is 1. The molecule has 1 aliphatic rings. The SMILES string of the molecule is CC1CCC(Nc2c(Cl)cc(Br)cc2Cl)C(C)C1. The third-order valence-electron chi connectivity index (χ3n) is 3.77. The van der Waals surface area contributed by atoms with E-state index in [4.69, 9.17) is 23.2 Å². The highest BCUT2D eigenvalue weighted by Gasteiger charge is 2.26. The predicted molar refractivity (Wildman–Crippen MR) is 83.8 cm³/mol. The zero-order chi connectivity index (χ0) is 13.3. The molecule has 1 aromatic carbocycles. The zero-order valence-electron chi connectivity index (χ0n) is 10.6. The first kappa shape index (κ1) is 14.5. The molecule has 0 aromatic heterocycles. The van der Waals surface area contributed by atoms with Gasteiger partial charge < -0.3 is 5.32 Å². The minimum Gasteiger partial charge on any atom is -0.380 e. The standard InChI is InChI=1S/C14H18BrCl2N/c1-8-3-4-13(9(2)5-8)18-14-11(16)6-10(15)7-12(14)17/h6-9,13,18H,3-5H2,1-2H3. The van der Waals surface area contributed by atoms with Crippen LogP contribution in [-0.4, -0.2) is 6.04 Å². The molecular weight excluding hydrogens is 333 g/mol. The fraction of sp³-hybridized carbons (Fsp3) is 0.571. The van der Waals surface area contributed by atoms with Crippen LogP contribution >= 0.6 is 39.1 Å². The third-order valence-corrected chi connectivity index (χ3v) is 4.82. The first-order chi connectivity index (χ1) is 8.47. The van der Waals surface area contributed by atoms with Gasteiger partial charge in [-0.1, -0.05) is 53.0 Å². The summed E-state index contributed by atoms with van der Waals surface area (Å²) in [5.41, 5.74) is 0.868. The lowest BCUT2D eigenvalue weighted by Crippen LogP contribution is -2.33. The first-order valence-corrected chi connectivity index (χ1v) is 7.93.